The number of hydrogen-bond donors (Lipinski definition) is 0. The molecule has 0 aliphatic carbocycles. The quantitative estimate of drug-likeness (QED) is 0.181. The molecule has 1 heterocycles. The van der Waals surface area contributed by atoms with Crippen molar-refractivity contribution in [3.8, 4) is 0 Å². The first kappa shape index (κ1) is 24.1. The first-order valence-electron chi connectivity index (χ1n) is 10.1. The van der Waals surface area contributed by atoms with Gasteiger partial charge in [0.1, 0.15) is 0 Å². The van der Waals surface area contributed by atoms with E-state index in [-0.39, 0.29) is 0 Å². The first-order valence-corrected chi connectivity index (χ1v) is 16.3. The van der Waals surface area contributed by atoms with Crippen LogP contribution in [0.5, 0.6) is 0 Å². The summed E-state index contributed by atoms with van der Waals surface area (Å²) in [7, 11) is 2.62. The Morgan fingerprint density at radius 1 is 0.867 bits per heavy atom. The molecule has 3 rings (SSSR count). The van der Waals surface area contributed by atoms with E-state index in [2.05, 4.69) is 42.5 Å². The second kappa shape index (κ2) is 12.5. The zero-order chi connectivity index (χ0) is 21.2. The van der Waals surface area contributed by atoms with Crippen molar-refractivity contribution in [3.63, 3.8) is 0 Å². The molecule has 0 aliphatic heterocycles. The van der Waals surface area contributed by atoms with Crippen LogP contribution in [0.1, 0.15) is 26.3 Å². The topological polar surface area (TPSA) is 40.6 Å². The number of nitrogens with zero attached hydrogens (tertiary/aromatic N) is 1. The average molecular weight is 498 g/mol. The maximum absolute atomic E-state index is 6.01. The van der Waals surface area contributed by atoms with Crippen LogP contribution in [0.2, 0.25) is 6.04 Å². The second-order valence-electron chi connectivity index (χ2n) is 6.27. The molecule has 0 unspecified atom stereocenters. The summed E-state index contributed by atoms with van der Waals surface area (Å²) >= 11 is 1.74. The van der Waals surface area contributed by atoms with Crippen molar-refractivity contribution >= 4 is 61.8 Å². The van der Waals surface area contributed by atoms with Crippen LogP contribution in [0.3, 0.4) is 0 Å². The highest BCUT2D eigenvalue weighted by molar-refractivity contribution is 9.09. The summed E-state index contributed by atoms with van der Waals surface area (Å²) in [6.07, 6.45) is 0.877. The summed E-state index contributed by atoms with van der Waals surface area (Å²) in [5.41, 5.74) is 2.37. The predicted molar refractivity (Wildman–Crippen MR) is 135 cm³/mol. The second-order valence-corrected chi connectivity index (χ2v) is 14.2. The van der Waals surface area contributed by atoms with Crippen LogP contribution in [0.15, 0.2) is 57.8 Å². The Bertz CT molecular complexity index is 874. The van der Waals surface area contributed by atoms with E-state index >= 15 is 0 Å². The van der Waals surface area contributed by atoms with Gasteiger partial charge in [0, 0.05) is 30.8 Å². The van der Waals surface area contributed by atoms with Gasteiger partial charge in [-0.05, 0) is 82.4 Å². The fourth-order valence-corrected chi connectivity index (χ4v) is 11.1. The van der Waals surface area contributed by atoms with Gasteiger partial charge in [0.25, 0.3) is 0 Å². The minimum Gasteiger partial charge on any atom is -0.374 e. The van der Waals surface area contributed by atoms with Gasteiger partial charge in [0.15, 0.2) is 4.34 Å². The Morgan fingerprint density at radius 3 is 2.23 bits per heavy atom. The number of aryl methyl sites for hydroxylation is 1. The number of aromatic nitrogens is 1. The van der Waals surface area contributed by atoms with Gasteiger partial charge in [-0.15, -0.1) is 11.3 Å². The highest BCUT2D eigenvalue weighted by Crippen LogP contribution is 2.47. The standard InChI is InChI=1S/C21H27NO3S4Si/c1-4-23-30(24-5-2,25-6-3)16-15-17-11-7-9-13-19(17)27-29-28-21-22-18-12-8-10-14-20(18)26-21/h7-14H,4-6,15-16H2,1-3H3. The van der Waals surface area contributed by atoms with Gasteiger partial charge < -0.3 is 13.3 Å². The molecular formula is C21H27NO3S4Si. The number of hydrogen-bond acceptors (Lipinski definition) is 8. The molecular weight excluding hydrogens is 471 g/mol. The van der Waals surface area contributed by atoms with Gasteiger partial charge in [0.2, 0.25) is 0 Å². The molecule has 0 bridgehead atoms. The predicted octanol–water partition coefficient (Wildman–Crippen LogP) is 7.33. The summed E-state index contributed by atoms with van der Waals surface area (Å²) < 4.78 is 20.4. The van der Waals surface area contributed by atoms with Crippen LogP contribution in [0, 0.1) is 0 Å². The fourth-order valence-electron chi connectivity index (χ4n) is 3.05. The molecule has 162 valence electrons. The van der Waals surface area contributed by atoms with Crippen molar-refractivity contribution in [2.75, 3.05) is 19.8 Å². The average Bonchev–Trinajstić information content (AvgIpc) is 3.16. The highest BCUT2D eigenvalue weighted by atomic mass is 33.5. The van der Waals surface area contributed by atoms with Gasteiger partial charge >= 0.3 is 8.80 Å². The van der Waals surface area contributed by atoms with Crippen LogP contribution in [0.4, 0.5) is 0 Å². The number of rotatable bonds is 13. The summed E-state index contributed by atoms with van der Waals surface area (Å²) in [5, 5.41) is 0. The molecule has 9 heteroatoms. The molecule has 1 aromatic heterocycles. The van der Waals surface area contributed by atoms with Crippen molar-refractivity contribution in [2.24, 2.45) is 0 Å². The van der Waals surface area contributed by atoms with Crippen molar-refractivity contribution in [1.29, 1.82) is 0 Å². The zero-order valence-corrected chi connectivity index (χ0v) is 21.7. The van der Waals surface area contributed by atoms with Gasteiger partial charge in [-0.2, -0.15) is 0 Å². The molecule has 0 amide bonds. The molecule has 0 aliphatic rings. The molecule has 4 nitrogen and oxygen atoms in total. The molecule has 0 N–H and O–H groups in total. The van der Waals surface area contributed by atoms with Gasteiger partial charge in [-0.1, -0.05) is 30.3 Å². The van der Waals surface area contributed by atoms with Crippen LogP contribution in [-0.2, 0) is 19.7 Å². The molecule has 30 heavy (non-hydrogen) atoms. The molecule has 0 fully saturated rings. The molecule has 0 saturated carbocycles. The lowest BCUT2D eigenvalue weighted by Crippen LogP contribution is -2.46. The lowest BCUT2D eigenvalue weighted by atomic mass is 10.2. The van der Waals surface area contributed by atoms with Crippen LogP contribution >= 0.6 is 42.8 Å². The van der Waals surface area contributed by atoms with E-state index in [4.69, 9.17) is 18.3 Å². The third-order valence-corrected chi connectivity index (χ3v) is 12.6. The van der Waals surface area contributed by atoms with E-state index in [0.717, 1.165) is 22.3 Å². The number of thiazole rings is 1. The van der Waals surface area contributed by atoms with Crippen LogP contribution in [0.25, 0.3) is 10.2 Å². The van der Waals surface area contributed by atoms with E-state index in [0.29, 0.717) is 19.8 Å². The van der Waals surface area contributed by atoms with E-state index in [9.17, 15) is 0 Å². The van der Waals surface area contributed by atoms with Gasteiger partial charge in [-0.25, -0.2) is 4.98 Å². The third kappa shape index (κ3) is 6.74. The third-order valence-electron chi connectivity index (χ3n) is 4.27. The van der Waals surface area contributed by atoms with E-state index in [1.54, 1.807) is 42.8 Å². The maximum atomic E-state index is 6.01. The lowest BCUT2D eigenvalue weighted by molar-refractivity contribution is 0.0714. The Morgan fingerprint density at radius 2 is 1.53 bits per heavy atom. The molecule has 0 saturated heterocycles. The van der Waals surface area contributed by atoms with Crippen molar-refractivity contribution < 1.29 is 13.3 Å². The number of benzene rings is 2. The number of para-hydroxylation sites is 1. The van der Waals surface area contributed by atoms with E-state index in [1.165, 1.54) is 15.2 Å². The normalized spacial score (nSPS) is 12.0. The molecule has 0 radical (unpaired) electrons. The molecule has 0 atom stereocenters. The zero-order valence-electron chi connectivity index (χ0n) is 17.5. The minimum absolute atomic E-state index is 0.608. The Balaban J connectivity index is 1.61. The Kier molecular flexibility index (Phi) is 10.1. The largest absolute Gasteiger partial charge is 0.501 e. The lowest BCUT2D eigenvalue weighted by Gasteiger charge is -2.28. The maximum Gasteiger partial charge on any atom is 0.501 e. The molecule has 2 aromatic carbocycles. The molecule has 3 aromatic rings. The van der Waals surface area contributed by atoms with Gasteiger partial charge in [-0.3, -0.25) is 0 Å². The van der Waals surface area contributed by atoms with Crippen molar-refractivity contribution in [2.45, 2.75) is 42.5 Å². The SMILES string of the molecule is CCO[Si](CCc1ccccc1SSSc1nc2ccccc2s1)(OCC)OCC. The van der Waals surface area contributed by atoms with E-state index in [1.807, 2.05) is 26.8 Å². The van der Waals surface area contributed by atoms with E-state index < -0.39 is 8.80 Å². The number of fused-ring (bicyclic) bond motifs is 1. The van der Waals surface area contributed by atoms with Crippen molar-refractivity contribution in [3.05, 3.63) is 54.1 Å². The van der Waals surface area contributed by atoms with Gasteiger partial charge in [0.05, 0.1) is 10.2 Å². The Hall–Kier alpha value is -0.523. The highest BCUT2D eigenvalue weighted by Gasteiger charge is 2.40. The molecule has 0 spiro atoms. The monoisotopic (exact) mass is 497 g/mol. The van der Waals surface area contributed by atoms with Crippen molar-refractivity contribution in [1.82, 2.24) is 4.98 Å². The minimum atomic E-state index is -2.63. The smallest absolute Gasteiger partial charge is 0.374 e. The van der Waals surface area contributed by atoms with Crippen LogP contribution in [-0.4, -0.2) is 33.6 Å². The summed E-state index contributed by atoms with van der Waals surface area (Å²) in [6.45, 7) is 7.82. The summed E-state index contributed by atoms with van der Waals surface area (Å²) in [4.78, 5) is 5.97. The first-order chi connectivity index (χ1) is 14.7. The Labute approximate surface area is 195 Å². The summed E-state index contributed by atoms with van der Waals surface area (Å²) in [6, 6.07) is 17.6. The summed E-state index contributed by atoms with van der Waals surface area (Å²) in [5.74, 6) is 0. The fraction of sp³-hybridized carbons (Fsp3) is 0.381. The van der Waals surface area contributed by atoms with Crippen LogP contribution < -0.4 is 0 Å².